The van der Waals surface area contributed by atoms with E-state index in [1.54, 1.807) is 31.2 Å². The zero-order valence-corrected chi connectivity index (χ0v) is 22.3. The van der Waals surface area contributed by atoms with E-state index in [9.17, 15) is 9.59 Å². The Kier molecular flexibility index (Phi) is 8.91. The van der Waals surface area contributed by atoms with Gasteiger partial charge in [-0.1, -0.05) is 41.7 Å². The smallest absolute Gasteiger partial charge is 0.338 e. The van der Waals surface area contributed by atoms with Crippen molar-refractivity contribution in [2.45, 2.75) is 36.8 Å². The number of nitrogens with one attached hydrogen (secondary N) is 1. The molecule has 2 aromatic heterocycles. The number of anilines is 1. The lowest BCUT2D eigenvalue weighted by atomic mass is 10.2. The summed E-state index contributed by atoms with van der Waals surface area (Å²) in [5.74, 6) is 0.796. The van der Waals surface area contributed by atoms with E-state index >= 15 is 0 Å². The zero-order valence-electron chi connectivity index (χ0n) is 20.7. The summed E-state index contributed by atoms with van der Waals surface area (Å²) in [7, 11) is 0. The van der Waals surface area contributed by atoms with Crippen molar-refractivity contribution in [3.8, 4) is 5.69 Å². The van der Waals surface area contributed by atoms with Gasteiger partial charge in [-0.15, -0.1) is 10.2 Å². The van der Waals surface area contributed by atoms with Crippen molar-refractivity contribution in [3.63, 3.8) is 0 Å². The normalized spacial score (nSPS) is 10.8. The molecule has 190 valence electrons. The summed E-state index contributed by atoms with van der Waals surface area (Å²) in [6.45, 7) is 5.95. The highest BCUT2D eigenvalue weighted by molar-refractivity contribution is 7.99. The van der Waals surface area contributed by atoms with Gasteiger partial charge in [0.2, 0.25) is 5.91 Å². The van der Waals surface area contributed by atoms with Gasteiger partial charge in [-0.3, -0.25) is 9.36 Å². The maximum absolute atomic E-state index is 12.6. The second-order valence-electron chi connectivity index (χ2n) is 7.93. The van der Waals surface area contributed by atoms with E-state index in [4.69, 9.17) is 4.74 Å². The number of hydrogen-bond donors (Lipinski definition) is 1. The molecule has 0 saturated carbocycles. The van der Waals surface area contributed by atoms with Crippen LogP contribution in [-0.2, 0) is 15.3 Å². The van der Waals surface area contributed by atoms with Crippen LogP contribution in [0.25, 0.3) is 5.69 Å². The Bertz CT molecular complexity index is 1360. The molecule has 0 bridgehead atoms. The first-order valence-electron chi connectivity index (χ1n) is 11.6. The lowest BCUT2D eigenvalue weighted by molar-refractivity contribution is -0.113. The molecule has 0 aliphatic rings. The molecule has 2 aromatic carbocycles. The first-order chi connectivity index (χ1) is 17.9. The standard InChI is InChI=1S/C26H26N6O3S2/c1-4-35-24(34)19-10-12-20(13-11-19)29-23(33)16-37-26-31-30-22(32(26)21-8-6-5-7-9-21)15-36-25-27-17(2)14-18(3)28-25/h5-14H,4,15-16H2,1-3H3,(H,29,33). The van der Waals surface area contributed by atoms with Crippen molar-refractivity contribution in [2.75, 3.05) is 17.7 Å². The number of para-hydroxylation sites is 1. The van der Waals surface area contributed by atoms with Gasteiger partial charge in [0, 0.05) is 22.8 Å². The predicted octanol–water partition coefficient (Wildman–Crippen LogP) is 4.87. The van der Waals surface area contributed by atoms with Gasteiger partial charge in [-0.05, 0) is 63.2 Å². The molecule has 4 rings (SSSR count). The van der Waals surface area contributed by atoms with E-state index in [-0.39, 0.29) is 11.7 Å². The molecule has 0 aliphatic heterocycles. The monoisotopic (exact) mass is 534 g/mol. The molecule has 0 saturated heterocycles. The van der Waals surface area contributed by atoms with Crippen molar-refractivity contribution in [1.82, 2.24) is 24.7 Å². The summed E-state index contributed by atoms with van der Waals surface area (Å²) in [5.41, 5.74) is 3.76. The number of esters is 1. The van der Waals surface area contributed by atoms with E-state index in [0.29, 0.717) is 33.9 Å². The molecule has 4 aromatic rings. The molecule has 1 N–H and O–H groups in total. The van der Waals surface area contributed by atoms with Crippen molar-refractivity contribution < 1.29 is 14.3 Å². The number of carbonyl (C=O) groups excluding carboxylic acids is 2. The fourth-order valence-corrected chi connectivity index (χ4v) is 5.08. The Labute approximate surface area is 223 Å². The van der Waals surface area contributed by atoms with Crippen molar-refractivity contribution >= 4 is 41.1 Å². The highest BCUT2D eigenvalue weighted by atomic mass is 32.2. The number of benzene rings is 2. The van der Waals surface area contributed by atoms with Crippen LogP contribution in [-0.4, -0.2) is 49.0 Å². The molecule has 0 atom stereocenters. The van der Waals surface area contributed by atoms with Crippen molar-refractivity contribution in [3.05, 3.63) is 83.4 Å². The molecule has 37 heavy (non-hydrogen) atoms. The van der Waals surface area contributed by atoms with Crippen LogP contribution >= 0.6 is 23.5 Å². The summed E-state index contributed by atoms with van der Waals surface area (Å²) in [5, 5.41) is 12.9. The molecular formula is C26H26N6O3S2. The minimum atomic E-state index is -0.394. The van der Waals surface area contributed by atoms with E-state index < -0.39 is 5.97 Å². The van der Waals surface area contributed by atoms with Gasteiger partial charge >= 0.3 is 5.97 Å². The lowest BCUT2D eigenvalue weighted by Gasteiger charge is -2.10. The number of carbonyl (C=O) groups is 2. The minimum Gasteiger partial charge on any atom is -0.462 e. The number of ether oxygens (including phenoxy) is 1. The van der Waals surface area contributed by atoms with Crippen LogP contribution in [0.15, 0.2) is 71.0 Å². The summed E-state index contributed by atoms with van der Waals surface area (Å²) in [6.07, 6.45) is 0. The predicted molar refractivity (Wildman–Crippen MR) is 144 cm³/mol. The minimum absolute atomic E-state index is 0.137. The Morgan fingerprint density at radius 1 is 0.946 bits per heavy atom. The van der Waals surface area contributed by atoms with E-state index in [2.05, 4.69) is 25.5 Å². The highest BCUT2D eigenvalue weighted by Gasteiger charge is 2.17. The van der Waals surface area contributed by atoms with Gasteiger partial charge < -0.3 is 10.1 Å². The fourth-order valence-electron chi connectivity index (χ4n) is 3.44. The quantitative estimate of drug-likeness (QED) is 0.173. The molecule has 1 amide bonds. The molecule has 0 radical (unpaired) electrons. The van der Waals surface area contributed by atoms with Gasteiger partial charge in [-0.2, -0.15) is 0 Å². The Morgan fingerprint density at radius 2 is 1.65 bits per heavy atom. The number of aromatic nitrogens is 5. The van der Waals surface area contributed by atoms with Crippen LogP contribution in [0.2, 0.25) is 0 Å². The second kappa shape index (κ2) is 12.5. The van der Waals surface area contributed by atoms with Crippen LogP contribution in [0.3, 0.4) is 0 Å². The first-order valence-corrected chi connectivity index (χ1v) is 13.5. The Hall–Kier alpha value is -3.70. The zero-order chi connectivity index (χ0) is 26.2. The number of thioether (sulfide) groups is 2. The summed E-state index contributed by atoms with van der Waals surface area (Å²) >= 11 is 2.78. The van der Waals surface area contributed by atoms with E-state index in [0.717, 1.165) is 22.9 Å². The van der Waals surface area contributed by atoms with E-state index in [1.165, 1.54) is 23.5 Å². The van der Waals surface area contributed by atoms with Crippen LogP contribution in [0.4, 0.5) is 5.69 Å². The summed E-state index contributed by atoms with van der Waals surface area (Å²) in [6, 6.07) is 18.3. The van der Waals surface area contributed by atoms with Gasteiger partial charge in [0.05, 0.1) is 23.7 Å². The Morgan fingerprint density at radius 3 is 2.32 bits per heavy atom. The van der Waals surface area contributed by atoms with Crippen molar-refractivity contribution in [1.29, 1.82) is 0 Å². The van der Waals surface area contributed by atoms with Gasteiger partial charge in [0.25, 0.3) is 0 Å². The van der Waals surface area contributed by atoms with Crippen LogP contribution in [0.5, 0.6) is 0 Å². The molecule has 0 aliphatic carbocycles. The van der Waals surface area contributed by atoms with Crippen molar-refractivity contribution in [2.24, 2.45) is 0 Å². The molecule has 9 nitrogen and oxygen atoms in total. The average Bonchev–Trinajstić information content (AvgIpc) is 3.29. The van der Waals surface area contributed by atoms with Gasteiger partial charge in [0.15, 0.2) is 10.3 Å². The SMILES string of the molecule is CCOC(=O)c1ccc(NC(=O)CSc2nnc(CSc3nc(C)cc(C)n3)n2-c2ccccc2)cc1. The number of nitrogens with zero attached hydrogens (tertiary/aromatic N) is 5. The van der Waals surface area contributed by atoms with Crippen LogP contribution < -0.4 is 5.32 Å². The molecule has 2 heterocycles. The summed E-state index contributed by atoms with van der Waals surface area (Å²) in [4.78, 5) is 33.4. The molecule has 0 unspecified atom stereocenters. The third-order valence-corrected chi connectivity index (χ3v) is 6.79. The maximum Gasteiger partial charge on any atom is 0.338 e. The third kappa shape index (κ3) is 7.17. The number of amides is 1. The number of aryl methyl sites for hydroxylation is 2. The van der Waals surface area contributed by atoms with Gasteiger partial charge in [0.1, 0.15) is 5.82 Å². The molecule has 0 fully saturated rings. The molecule has 11 heteroatoms. The number of rotatable bonds is 10. The maximum atomic E-state index is 12.6. The third-order valence-electron chi connectivity index (χ3n) is 5.02. The molecular weight excluding hydrogens is 508 g/mol. The van der Waals surface area contributed by atoms with Crippen LogP contribution in [0, 0.1) is 13.8 Å². The van der Waals surface area contributed by atoms with E-state index in [1.807, 2.05) is 54.8 Å². The fraction of sp³-hybridized carbons (Fsp3) is 0.231. The molecule has 0 spiro atoms. The van der Waals surface area contributed by atoms with Gasteiger partial charge in [-0.25, -0.2) is 14.8 Å². The average molecular weight is 535 g/mol. The lowest BCUT2D eigenvalue weighted by Crippen LogP contribution is -2.15. The topological polar surface area (TPSA) is 112 Å². The Balaban J connectivity index is 1.44. The number of hydrogen-bond acceptors (Lipinski definition) is 9. The second-order valence-corrected chi connectivity index (χ2v) is 9.81. The highest BCUT2D eigenvalue weighted by Crippen LogP contribution is 2.26. The summed E-state index contributed by atoms with van der Waals surface area (Å²) < 4.78 is 6.93. The van der Waals surface area contributed by atoms with Crippen LogP contribution in [0.1, 0.15) is 34.5 Å². The largest absolute Gasteiger partial charge is 0.462 e. The first kappa shape index (κ1) is 26.4.